The Morgan fingerprint density at radius 2 is 1.73 bits per heavy atom. The fourth-order valence-corrected chi connectivity index (χ4v) is 4.50. The van der Waals surface area contributed by atoms with Gasteiger partial charge in [-0.15, -0.1) is 0 Å². The molecule has 0 amide bonds. The van der Waals surface area contributed by atoms with Crippen molar-refractivity contribution in [2.75, 3.05) is 34.0 Å². The molecule has 0 aromatic heterocycles. The minimum absolute atomic E-state index is 0.0706. The lowest BCUT2D eigenvalue weighted by Gasteiger charge is -2.40. The average molecular weight is 625 g/mol. The normalized spacial score (nSPS) is 30.3. The molecule has 2 aliphatic heterocycles. The van der Waals surface area contributed by atoms with Crippen LogP contribution in [0.2, 0.25) is 0 Å². The maximum absolute atomic E-state index is 12.2. The van der Waals surface area contributed by atoms with Gasteiger partial charge in [0, 0.05) is 6.08 Å². The molecule has 15 heteroatoms. The van der Waals surface area contributed by atoms with Gasteiger partial charge >= 0.3 is 5.97 Å². The molecular weight excluding hydrogens is 588 g/mol. The van der Waals surface area contributed by atoms with Crippen molar-refractivity contribution in [3.05, 3.63) is 53.6 Å². The quantitative estimate of drug-likeness (QED) is 0.109. The number of esters is 1. The third kappa shape index (κ3) is 7.58. The second-order valence-corrected chi connectivity index (χ2v) is 10.2. The molecule has 0 bridgehead atoms. The van der Waals surface area contributed by atoms with Crippen molar-refractivity contribution in [3.63, 3.8) is 0 Å². The molecule has 44 heavy (non-hydrogen) atoms. The van der Waals surface area contributed by atoms with E-state index in [2.05, 4.69) is 0 Å². The van der Waals surface area contributed by atoms with Gasteiger partial charge < -0.3 is 68.9 Å². The molecule has 2 aromatic rings. The van der Waals surface area contributed by atoms with Crippen molar-refractivity contribution >= 4 is 12.0 Å². The number of phenolic OH excluding ortho intramolecular Hbond substituents is 1. The molecule has 15 nitrogen and oxygen atoms in total. The molecule has 0 aliphatic carbocycles. The summed E-state index contributed by atoms with van der Waals surface area (Å²) in [7, 11) is 2.75. The highest BCUT2D eigenvalue weighted by Gasteiger charge is 2.51. The Labute approximate surface area is 252 Å². The number of aromatic hydroxyl groups is 1. The highest BCUT2D eigenvalue weighted by Crippen LogP contribution is 2.33. The van der Waals surface area contributed by atoms with Gasteiger partial charge in [-0.25, -0.2) is 4.79 Å². The molecule has 0 radical (unpaired) electrons. The van der Waals surface area contributed by atoms with Crippen molar-refractivity contribution in [3.8, 4) is 23.0 Å². The van der Waals surface area contributed by atoms with Gasteiger partial charge in [-0.05, 0) is 41.5 Å². The first-order chi connectivity index (χ1) is 21.0. The number of carbonyl (C=O) groups excluding carboxylic acids is 1. The molecule has 0 unspecified atom stereocenters. The van der Waals surface area contributed by atoms with Crippen LogP contribution in [0.25, 0.3) is 6.08 Å². The lowest BCUT2D eigenvalue weighted by atomic mass is 9.99. The number of rotatable bonds is 12. The van der Waals surface area contributed by atoms with Crippen molar-refractivity contribution in [1.29, 1.82) is 0 Å². The highest BCUT2D eigenvalue weighted by atomic mass is 16.7. The zero-order valence-electron chi connectivity index (χ0n) is 23.9. The van der Waals surface area contributed by atoms with Crippen LogP contribution >= 0.6 is 0 Å². The number of hydrogen-bond donors (Lipinski definition) is 7. The standard InChI is InChI=1S/C29H36O15/c1-38-19-9-15(3-6-17(19)31)5-8-22(32)41-13-29(37)14-42-28(26(29)36)40-12-21-23(33)24(34)25(35)27(44-21)43-18-7-4-16(11-30)10-20(18)39-2/h3-10,21,23-28,30-31,33-37H,11-14H2,1-2H3/t21-,23-,24+,25-,26+,27-,28-,29-/m1/s1. The largest absolute Gasteiger partial charge is 0.504 e. The Bertz CT molecular complexity index is 1300. The van der Waals surface area contributed by atoms with E-state index >= 15 is 0 Å². The van der Waals surface area contributed by atoms with E-state index in [-0.39, 0.29) is 29.6 Å². The van der Waals surface area contributed by atoms with Gasteiger partial charge in [0.05, 0.1) is 34.0 Å². The van der Waals surface area contributed by atoms with Crippen LogP contribution < -0.4 is 14.2 Å². The number of ether oxygens (including phenoxy) is 7. The van der Waals surface area contributed by atoms with Crippen LogP contribution in [-0.2, 0) is 30.3 Å². The molecule has 4 rings (SSSR count). The number of benzene rings is 2. The molecule has 0 spiro atoms. The lowest BCUT2D eigenvalue weighted by Crippen LogP contribution is -2.60. The van der Waals surface area contributed by atoms with E-state index in [9.17, 15) is 40.5 Å². The number of hydrogen-bond acceptors (Lipinski definition) is 15. The van der Waals surface area contributed by atoms with Crippen LogP contribution in [0.15, 0.2) is 42.5 Å². The average Bonchev–Trinajstić information content (AvgIpc) is 3.32. The van der Waals surface area contributed by atoms with Crippen LogP contribution in [-0.4, -0.2) is 124 Å². The topological polar surface area (TPSA) is 223 Å². The molecule has 2 aromatic carbocycles. The van der Waals surface area contributed by atoms with Crippen LogP contribution in [0.1, 0.15) is 11.1 Å². The maximum atomic E-state index is 12.2. The van der Waals surface area contributed by atoms with Crippen molar-refractivity contribution in [2.24, 2.45) is 0 Å². The first kappa shape index (κ1) is 33.4. The van der Waals surface area contributed by atoms with E-state index in [0.717, 1.165) is 6.08 Å². The second-order valence-electron chi connectivity index (χ2n) is 10.2. The summed E-state index contributed by atoms with van der Waals surface area (Å²) < 4.78 is 37.5. The van der Waals surface area contributed by atoms with E-state index in [1.807, 2.05) is 0 Å². The van der Waals surface area contributed by atoms with Crippen LogP contribution in [0.4, 0.5) is 0 Å². The first-order valence-corrected chi connectivity index (χ1v) is 13.5. The fourth-order valence-electron chi connectivity index (χ4n) is 4.50. The summed E-state index contributed by atoms with van der Waals surface area (Å²) in [5, 5.41) is 71.8. The number of phenols is 1. The number of aliphatic hydroxyl groups excluding tert-OH is 5. The van der Waals surface area contributed by atoms with Crippen LogP contribution in [0, 0.1) is 0 Å². The molecule has 2 heterocycles. The summed E-state index contributed by atoms with van der Waals surface area (Å²) in [4.78, 5) is 12.2. The van der Waals surface area contributed by atoms with Crippen molar-refractivity contribution in [1.82, 2.24) is 0 Å². The van der Waals surface area contributed by atoms with Crippen molar-refractivity contribution < 1.29 is 73.7 Å². The van der Waals surface area contributed by atoms with Gasteiger partial charge in [-0.3, -0.25) is 0 Å². The van der Waals surface area contributed by atoms with Gasteiger partial charge in [0.1, 0.15) is 37.1 Å². The highest BCUT2D eigenvalue weighted by molar-refractivity contribution is 5.87. The summed E-state index contributed by atoms with van der Waals surface area (Å²) in [5.41, 5.74) is -0.956. The third-order valence-electron chi connectivity index (χ3n) is 7.13. The van der Waals surface area contributed by atoms with Gasteiger partial charge in [0.2, 0.25) is 6.29 Å². The molecule has 7 N–H and O–H groups in total. The lowest BCUT2D eigenvalue weighted by molar-refractivity contribution is -0.289. The minimum atomic E-state index is -2.03. The second kappa shape index (κ2) is 14.5. The summed E-state index contributed by atoms with van der Waals surface area (Å²) >= 11 is 0. The summed E-state index contributed by atoms with van der Waals surface area (Å²) in [6.07, 6.45) is -8.36. The predicted octanol–water partition coefficient (Wildman–Crippen LogP) is -1.19. The minimum Gasteiger partial charge on any atom is -0.504 e. The Morgan fingerprint density at radius 1 is 0.977 bits per heavy atom. The molecular formula is C29H36O15. The first-order valence-electron chi connectivity index (χ1n) is 13.5. The summed E-state index contributed by atoms with van der Waals surface area (Å²) in [6.45, 7) is -1.82. The van der Waals surface area contributed by atoms with Crippen LogP contribution in [0.5, 0.6) is 23.0 Å². The molecule has 2 fully saturated rings. The predicted molar refractivity (Wildman–Crippen MR) is 148 cm³/mol. The zero-order valence-corrected chi connectivity index (χ0v) is 23.9. The van der Waals surface area contributed by atoms with Crippen molar-refractivity contribution in [2.45, 2.75) is 55.3 Å². The smallest absolute Gasteiger partial charge is 0.330 e. The fraction of sp³-hybridized carbons (Fsp3) is 0.483. The molecule has 2 saturated heterocycles. The summed E-state index contributed by atoms with van der Waals surface area (Å²) in [5.74, 6) is -0.343. The number of aliphatic hydroxyl groups is 6. The Kier molecular flexibility index (Phi) is 11.0. The molecule has 242 valence electrons. The number of methoxy groups -OCH3 is 2. The van der Waals surface area contributed by atoms with Gasteiger partial charge in [0.25, 0.3) is 0 Å². The summed E-state index contributed by atoms with van der Waals surface area (Å²) in [6, 6.07) is 8.97. The van der Waals surface area contributed by atoms with Gasteiger partial charge in [0.15, 0.2) is 34.9 Å². The molecule has 0 saturated carbocycles. The van der Waals surface area contributed by atoms with E-state index in [1.165, 1.54) is 44.6 Å². The Morgan fingerprint density at radius 3 is 2.43 bits per heavy atom. The maximum Gasteiger partial charge on any atom is 0.330 e. The zero-order chi connectivity index (χ0) is 32.0. The van der Waals surface area contributed by atoms with E-state index in [4.69, 9.17) is 33.2 Å². The molecule has 2 aliphatic rings. The number of carbonyl (C=O) groups is 1. The van der Waals surface area contributed by atoms with E-state index in [1.54, 1.807) is 12.1 Å². The van der Waals surface area contributed by atoms with E-state index < -0.39 is 74.5 Å². The molecule has 8 atom stereocenters. The third-order valence-corrected chi connectivity index (χ3v) is 7.13. The van der Waals surface area contributed by atoms with Gasteiger partial charge in [-0.1, -0.05) is 12.1 Å². The Hall–Kier alpha value is -3.51. The Balaban J connectivity index is 1.31. The SMILES string of the molecule is COc1cc(C=CC(=O)OC[C@@]2(O)CO[C@@H](OC[C@H]3O[C@@H](Oc4ccc(CO)cc4OC)[C@H](O)[C@@H](O)[C@@H]3O)[C@@H]2O)ccc1O. The van der Waals surface area contributed by atoms with Crippen LogP contribution in [0.3, 0.4) is 0 Å². The van der Waals surface area contributed by atoms with E-state index in [0.29, 0.717) is 11.1 Å². The monoisotopic (exact) mass is 624 g/mol. The van der Waals surface area contributed by atoms with Gasteiger partial charge in [-0.2, -0.15) is 0 Å².